The van der Waals surface area contributed by atoms with Gasteiger partial charge >= 0.3 is 0 Å². The molecule has 0 fully saturated rings. The Kier molecular flexibility index (Phi) is 14.1. The molecule has 2 amide bonds. The van der Waals surface area contributed by atoms with Gasteiger partial charge in [-0.2, -0.15) is 0 Å². The van der Waals surface area contributed by atoms with Crippen LogP contribution in [0.2, 0.25) is 0 Å². The van der Waals surface area contributed by atoms with Crippen molar-refractivity contribution in [1.82, 2.24) is 10.6 Å². The highest BCUT2D eigenvalue weighted by molar-refractivity contribution is 6.48. The number of carbonyl (C=O) groups excluding carboxylic acids is 2. The molecule has 0 atom stereocenters. The Labute approximate surface area is 426 Å². The van der Waals surface area contributed by atoms with E-state index in [1.807, 2.05) is 6.07 Å². The van der Waals surface area contributed by atoms with Gasteiger partial charge in [-0.3, -0.25) is 9.59 Å². The van der Waals surface area contributed by atoms with Crippen LogP contribution < -0.4 is 20.1 Å². The molecule has 12 nitrogen and oxygen atoms in total. The van der Waals surface area contributed by atoms with Crippen molar-refractivity contribution in [2.45, 2.75) is 49.6 Å². The molecule has 8 N–H and O–H groups in total. The third kappa shape index (κ3) is 8.65. The first kappa shape index (κ1) is 49.8. The van der Waals surface area contributed by atoms with Gasteiger partial charge in [-0.25, -0.2) is 0 Å². The molecule has 12 rings (SSSR count). The summed E-state index contributed by atoms with van der Waals surface area (Å²) in [7, 11) is 0. The Bertz CT molecular complexity index is 3560. The van der Waals surface area contributed by atoms with Crippen LogP contribution >= 0.6 is 0 Å². The van der Waals surface area contributed by atoms with Crippen molar-refractivity contribution in [2.24, 2.45) is 0 Å². The number of aliphatic hydroxyl groups is 6. The summed E-state index contributed by atoms with van der Waals surface area (Å²) in [6.45, 7) is -3.18. The number of terminal acetylenes is 1. The van der Waals surface area contributed by atoms with Gasteiger partial charge in [0.05, 0.1) is 58.4 Å². The first-order chi connectivity index (χ1) is 36.2. The van der Waals surface area contributed by atoms with Gasteiger partial charge < -0.3 is 50.7 Å². The van der Waals surface area contributed by atoms with Gasteiger partial charge in [0, 0.05) is 45.5 Å². The van der Waals surface area contributed by atoms with E-state index in [0.717, 1.165) is 97.3 Å². The third-order valence-corrected chi connectivity index (χ3v) is 14.5. The number of nitrogens with one attached hydrogen (secondary N) is 2. The van der Waals surface area contributed by atoms with Crippen LogP contribution in [0.1, 0.15) is 55.2 Å². The first-order valence-corrected chi connectivity index (χ1v) is 25.0. The van der Waals surface area contributed by atoms with Crippen LogP contribution in [0, 0.1) is 24.2 Å². The summed E-state index contributed by atoms with van der Waals surface area (Å²) >= 11 is 0. The molecule has 0 saturated carbocycles. The summed E-state index contributed by atoms with van der Waals surface area (Å²) < 4.78 is 12.7. The minimum Gasteiger partial charge on any atom is -0.494 e. The molecule has 0 unspecified atom stereocenters. The predicted molar refractivity (Wildman–Crippen MR) is 292 cm³/mol. The minimum absolute atomic E-state index is 0.0788. The van der Waals surface area contributed by atoms with E-state index >= 15 is 0 Å². The van der Waals surface area contributed by atoms with Gasteiger partial charge in [-0.1, -0.05) is 115 Å². The van der Waals surface area contributed by atoms with Gasteiger partial charge in [-0.15, -0.1) is 6.42 Å². The average Bonchev–Trinajstić information content (AvgIpc) is 3.50. The van der Waals surface area contributed by atoms with Crippen molar-refractivity contribution < 1.29 is 49.7 Å². The number of rotatable bonds is 20. The molecule has 0 aromatic heterocycles. The van der Waals surface area contributed by atoms with Crippen molar-refractivity contribution in [3.63, 3.8) is 0 Å². The molecule has 0 aliphatic carbocycles. The predicted octanol–water partition coefficient (Wildman–Crippen LogP) is 7.93. The number of hydrogen-bond donors (Lipinski definition) is 8. The lowest BCUT2D eigenvalue weighted by atomic mass is 9.76. The maximum Gasteiger partial charge on any atom is 0.220 e. The van der Waals surface area contributed by atoms with Crippen LogP contribution in [0.5, 0.6) is 11.5 Å². The average molecular weight is 989 g/mol. The van der Waals surface area contributed by atoms with Crippen molar-refractivity contribution in [3.8, 4) is 35.7 Å². The summed E-state index contributed by atoms with van der Waals surface area (Å²) in [6.07, 6.45) is 8.79. The zero-order valence-electron chi connectivity index (χ0n) is 40.8. The van der Waals surface area contributed by atoms with Gasteiger partial charge in [0.25, 0.3) is 0 Å². The van der Waals surface area contributed by atoms with E-state index in [1.54, 1.807) is 12.1 Å². The monoisotopic (exact) mass is 988 g/mol. The van der Waals surface area contributed by atoms with Crippen molar-refractivity contribution >= 4 is 98.0 Å². The van der Waals surface area contributed by atoms with Gasteiger partial charge in [0.1, 0.15) is 22.6 Å². The molecular formula is C62H56N2O10. The third-order valence-electron chi connectivity index (χ3n) is 14.5. The van der Waals surface area contributed by atoms with E-state index in [2.05, 4.69) is 125 Å². The molecule has 0 heterocycles. The Morgan fingerprint density at radius 3 is 1.15 bits per heavy atom. The number of carbonyl (C=O) groups is 2. The standard InChI is InChI=1S/C62H56N2O10/c1-2-40-57-53-41-15-3-7-19-45(41)55(46-20-8-4-16-42(46)53)59(57)49(60-56-47-21-9-5-17-43(47)54(58(40)60)44-18-6-10-22-48(44)56)27-25-38-31-39(73-29-13-11-23-51(71)63-61(32-65,33-66)34-67)26-28-50(38)74-30-14-12-24-52(72)64-62(35-68,36-69)37-70/h1,3-10,15-22,26,28,31,65-70H,11-14,23-24,29-30,32-37H2,(H,63,71)(H,64,72). The SMILES string of the molecule is C#Cc1c2c(c(C#Cc3cc(OCCCCC(=O)NC(CO)(CO)CO)ccc3OCCCCC(=O)NC(CO)(CO)CO)c3c1c1c4ccccc4c3c3ccccc31)c1c3ccccc3c2c2ccccc21. The number of hydrogen-bond acceptors (Lipinski definition) is 10. The van der Waals surface area contributed by atoms with E-state index in [4.69, 9.17) is 15.9 Å². The second-order valence-electron chi connectivity index (χ2n) is 19.2. The molecule has 0 saturated heterocycles. The first-order valence-electron chi connectivity index (χ1n) is 25.0. The molecule has 0 spiro atoms. The Morgan fingerprint density at radius 1 is 0.446 bits per heavy atom. The zero-order valence-corrected chi connectivity index (χ0v) is 40.8. The van der Waals surface area contributed by atoms with Crippen molar-refractivity contribution in [3.05, 3.63) is 132 Å². The quantitative estimate of drug-likeness (QED) is 0.0211. The second-order valence-corrected chi connectivity index (χ2v) is 19.2. The topological polar surface area (TPSA) is 198 Å². The number of ether oxygens (including phenoxy) is 2. The molecule has 374 valence electrons. The molecule has 12 heteroatoms. The summed E-state index contributed by atoms with van der Waals surface area (Å²) in [5.41, 5.74) is -0.809. The van der Waals surface area contributed by atoms with Crippen LogP contribution in [-0.4, -0.2) is 106 Å². The lowest BCUT2D eigenvalue weighted by Gasteiger charge is -2.28. The molecule has 0 radical (unpaired) electrons. The van der Waals surface area contributed by atoms with Crippen LogP contribution in [0.15, 0.2) is 115 Å². The Morgan fingerprint density at radius 2 is 0.797 bits per heavy atom. The largest absolute Gasteiger partial charge is 0.494 e. The maximum atomic E-state index is 12.8. The van der Waals surface area contributed by atoms with Gasteiger partial charge in [0.15, 0.2) is 0 Å². The summed E-state index contributed by atoms with van der Waals surface area (Å²) in [6, 6.07) is 39.4. The molecule has 12 aromatic rings. The molecule has 4 bridgehead atoms. The summed E-state index contributed by atoms with van der Waals surface area (Å²) in [4.78, 5) is 25.4. The maximum absolute atomic E-state index is 12.8. The number of amides is 2. The molecule has 12 aromatic carbocycles. The van der Waals surface area contributed by atoms with E-state index < -0.39 is 62.5 Å². The van der Waals surface area contributed by atoms with Crippen LogP contribution in [-0.2, 0) is 9.59 Å². The Hall–Kier alpha value is -7.78. The summed E-state index contributed by atoms with van der Waals surface area (Å²) in [5.74, 6) is 10.8. The fourth-order valence-electron chi connectivity index (χ4n) is 10.7. The van der Waals surface area contributed by atoms with E-state index in [-0.39, 0.29) is 26.1 Å². The highest BCUT2D eigenvalue weighted by Crippen LogP contribution is 2.53. The van der Waals surface area contributed by atoms with Crippen molar-refractivity contribution in [1.29, 1.82) is 0 Å². The number of aliphatic hydroxyl groups excluding tert-OH is 6. The number of unbranched alkanes of at least 4 members (excludes halogenated alkanes) is 2. The molecule has 0 aliphatic heterocycles. The van der Waals surface area contributed by atoms with Crippen LogP contribution in [0.3, 0.4) is 0 Å². The van der Waals surface area contributed by atoms with Crippen LogP contribution in [0.25, 0.3) is 86.2 Å². The van der Waals surface area contributed by atoms with Gasteiger partial charge in [-0.05, 0) is 109 Å². The van der Waals surface area contributed by atoms with Crippen LogP contribution in [0.4, 0.5) is 0 Å². The molecule has 0 aliphatic rings. The van der Waals surface area contributed by atoms with E-state index in [9.17, 15) is 40.2 Å². The lowest BCUT2D eigenvalue weighted by molar-refractivity contribution is -0.126. The Balaban J connectivity index is 1.10. The fraction of sp³-hybridized carbons (Fsp3) is 0.258. The number of benzene rings is 12. The van der Waals surface area contributed by atoms with Gasteiger partial charge in [0.2, 0.25) is 11.8 Å². The molecular weight excluding hydrogens is 933 g/mol. The summed E-state index contributed by atoms with van der Waals surface area (Å²) in [5, 5.41) is 80.2. The minimum atomic E-state index is -1.51. The highest BCUT2D eigenvalue weighted by Gasteiger charge is 2.32. The molecule has 74 heavy (non-hydrogen) atoms. The lowest BCUT2D eigenvalue weighted by Crippen LogP contribution is -2.57. The van der Waals surface area contributed by atoms with E-state index in [1.165, 1.54) is 0 Å². The normalized spacial score (nSPS) is 12.1. The smallest absolute Gasteiger partial charge is 0.220 e. The van der Waals surface area contributed by atoms with Crippen molar-refractivity contribution in [2.75, 3.05) is 52.9 Å². The zero-order chi connectivity index (χ0) is 51.6. The van der Waals surface area contributed by atoms with E-state index in [0.29, 0.717) is 42.7 Å². The second kappa shape index (κ2) is 21.0. The highest BCUT2D eigenvalue weighted by atomic mass is 16.5. The fourth-order valence-corrected chi connectivity index (χ4v) is 10.7.